The maximum absolute atomic E-state index is 14.1. The fourth-order valence-corrected chi connectivity index (χ4v) is 3.64. The molecule has 1 heterocycles. The molecule has 1 saturated carbocycles. The first-order valence-corrected chi connectivity index (χ1v) is 9.48. The SMILES string of the molecule is O=C(N[C@H]1CCCC[C@@H]1O)c1ccncc1Cc1ccc(I)cc1F. The van der Waals surface area contributed by atoms with Gasteiger partial charge in [-0.05, 0) is 64.8 Å². The fraction of sp³-hybridized carbons (Fsp3) is 0.368. The van der Waals surface area contributed by atoms with E-state index in [2.05, 4.69) is 32.9 Å². The van der Waals surface area contributed by atoms with E-state index in [-0.39, 0.29) is 17.8 Å². The van der Waals surface area contributed by atoms with Crippen molar-refractivity contribution in [1.82, 2.24) is 10.3 Å². The Balaban J connectivity index is 1.79. The van der Waals surface area contributed by atoms with Crippen molar-refractivity contribution in [3.05, 3.63) is 62.7 Å². The lowest BCUT2D eigenvalue weighted by molar-refractivity contribution is 0.0716. The Hall–Kier alpha value is -1.54. The van der Waals surface area contributed by atoms with Crippen LogP contribution in [0.25, 0.3) is 0 Å². The van der Waals surface area contributed by atoms with Crippen LogP contribution in [0.2, 0.25) is 0 Å². The van der Waals surface area contributed by atoms with Gasteiger partial charge in [-0.2, -0.15) is 0 Å². The number of aliphatic hydroxyl groups is 1. The third-order valence-corrected chi connectivity index (χ3v) is 5.26. The summed E-state index contributed by atoms with van der Waals surface area (Å²) in [6, 6.07) is 6.47. The van der Waals surface area contributed by atoms with E-state index in [9.17, 15) is 14.3 Å². The first kappa shape index (κ1) is 18.3. The van der Waals surface area contributed by atoms with Crippen LogP contribution in [-0.2, 0) is 6.42 Å². The number of hydrogen-bond acceptors (Lipinski definition) is 3. The van der Waals surface area contributed by atoms with Crippen LogP contribution < -0.4 is 5.32 Å². The highest BCUT2D eigenvalue weighted by Gasteiger charge is 2.25. The molecule has 2 aromatic rings. The molecule has 3 rings (SSSR count). The van der Waals surface area contributed by atoms with E-state index in [0.717, 1.165) is 22.8 Å². The minimum atomic E-state index is -0.503. The Morgan fingerprint density at radius 3 is 2.84 bits per heavy atom. The largest absolute Gasteiger partial charge is 0.391 e. The number of benzene rings is 1. The highest BCUT2D eigenvalue weighted by Crippen LogP contribution is 2.21. The summed E-state index contributed by atoms with van der Waals surface area (Å²) in [6.07, 6.45) is 6.42. The quantitative estimate of drug-likeness (QED) is 0.696. The number of aromatic nitrogens is 1. The first-order valence-electron chi connectivity index (χ1n) is 8.40. The summed E-state index contributed by atoms with van der Waals surface area (Å²) in [4.78, 5) is 16.7. The van der Waals surface area contributed by atoms with Crippen LogP contribution in [0.1, 0.15) is 47.2 Å². The Labute approximate surface area is 160 Å². The Kier molecular flexibility index (Phi) is 6.01. The zero-order chi connectivity index (χ0) is 17.8. The summed E-state index contributed by atoms with van der Waals surface area (Å²) in [5.74, 6) is -0.529. The lowest BCUT2D eigenvalue weighted by Gasteiger charge is -2.28. The number of nitrogens with one attached hydrogen (secondary N) is 1. The average Bonchev–Trinajstić information content (AvgIpc) is 2.60. The molecule has 2 atom stereocenters. The molecule has 0 saturated heterocycles. The van der Waals surface area contributed by atoms with Crippen molar-refractivity contribution in [2.75, 3.05) is 0 Å². The molecule has 1 aliphatic rings. The van der Waals surface area contributed by atoms with Crippen molar-refractivity contribution < 1.29 is 14.3 Å². The van der Waals surface area contributed by atoms with Gasteiger partial charge < -0.3 is 10.4 Å². The number of carbonyl (C=O) groups is 1. The fourth-order valence-electron chi connectivity index (χ4n) is 3.19. The van der Waals surface area contributed by atoms with Crippen LogP contribution in [0.15, 0.2) is 36.7 Å². The van der Waals surface area contributed by atoms with Gasteiger partial charge in [0.05, 0.1) is 12.1 Å². The molecule has 0 unspecified atom stereocenters. The summed E-state index contributed by atoms with van der Waals surface area (Å²) in [6.45, 7) is 0. The molecule has 4 nitrogen and oxygen atoms in total. The van der Waals surface area contributed by atoms with Crippen LogP contribution in [0.5, 0.6) is 0 Å². The number of pyridine rings is 1. The molecule has 0 aliphatic heterocycles. The van der Waals surface area contributed by atoms with Crippen molar-refractivity contribution in [2.45, 2.75) is 44.2 Å². The third-order valence-electron chi connectivity index (χ3n) is 4.59. The van der Waals surface area contributed by atoms with Crippen molar-refractivity contribution in [1.29, 1.82) is 0 Å². The molecule has 1 amide bonds. The second kappa shape index (κ2) is 8.23. The second-order valence-electron chi connectivity index (χ2n) is 6.38. The van der Waals surface area contributed by atoms with Gasteiger partial charge in [0.2, 0.25) is 0 Å². The summed E-state index contributed by atoms with van der Waals surface area (Å²) in [5.41, 5.74) is 1.68. The summed E-state index contributed by atoms with van der Waals surface area (Å²) in [7, 11) is 0. The number of amides is 1. The number of halogens is 2. The van der Waals surface area contributed by atoms with E-state index in [0.29, 0.717) is 29.5 Å². The molecule has 6 heteroatoms. The molecule has 2 N–H and O–H groups in total. The van der Waals surface area contributed by atoms with Gasteiger partial charge in [0.1, 0.15) is 5.82 Å². The number of hydrogen-bond donors (Lipinski definition) is 2. The molecular weight excluding hydrogens is 434 g/mol. The van der Waals surface area contributed by atoms with Crippen LogP contribution in [-0.4, -0.2) is 28.1 Å². The van der Waals surface area contributed by atoms with Gasteiger partial charge in [-0.15, -0.1) is 0 Å². The Bertz CT molecular complexity index is 769. The van der Waals surface area contributed by atoms with Crippen molar-refractivity contribution in [3.63, 3.8) is 0 Å². The zero-order valence-corrected chi connectivity index (χ0v) is 15.9. The molecule has 0 spiro atoms. The monoisotopic (exact) mass is 454 g/mol. The number of carbonyl (C=O) groups excluding carboxylic acids is 1. The number of nitrogens with zero attached hydrogens (tertiary/aromatic N) is 1. The molecule has 0 radical (unpaired) electrons. The predicted octanol–water partition coefficient (Wildman–Crippen LogP) is 3.45. The van der Waals surface area contributed by atoms with Crippen molar-refractivity contribution >= 4 is 28.5 Å². The van der Waals surface area contributed by atoms with Gasteiger partial charge >= 0.3 is 0 Å². The molecular formula is C19H20FIN2O2. The van der Waals surface area contributed by atoms with Crippen LogP contribution in [0, 0.1) is 9.39 Å². The summed E-state index contributed by atoms with van der Waals surface area (Å²) in [5, 5.41) is 13.0. The lowest BCUT2D eigenvalue weighted by atomic mass is 9.92. The zero-order valence-electron chi connectivity index (χ0n) is 13.7. The number of aliphatic hydroxyl groups excluding tert-OH is 1. The van der Waals surface area contributed by atoms with E-state index in [1.165, 1.54) is 6.07 Å². The maximum atomic E-state index is 14.1. The topological polar surface area (TPSA) is 62.2 Å². The van der Waals surface area contributed by atoms with Gasteiger partial charge in [-0.25, -0.2) is 4.39 Å². The summed E-state index contributed by atoms with van der Waals surface area (Å²) < 4.78 is 15.0. The van der Waals surface area contributed by atoms with Gasteiger partial charge in [0.25, 0.3) is 5.91 Å². The van der Waals surface area contributed by atoms with E-state index in [1.807, 2.05) is 6.07 Å². The molecule has 1 aromatic heterocycles. The van der Waals surface area contributed by atoms with Crippen LogP contribution in [0.3, 0.4) is 0 Å². The minimum absolute atomic E-state index is 0.225. The van der Waals surface area contributed by atoms with Crippen molar-refractivity contribution in [3.8, 4) is 0 Å². The van der Waals surface area contributed by atoms with Crippen LogP contribution in [0.4, 0.5) is 4.39 Å². The van der Waals surface area contributed by atoms with E-state index >= 15 is 0 Å². The average molecular weight is 454 g/mol. The Morgan fingerprint density at radius 1 is 1.28 bits per heavy atom. The highest BCUT2D eigenvalue weighted by atomic mass is 127. The molecule has 1 fully saturated rings. The minimum Gasteiger partial charge on any atom is -0.391 e. The standard InChI is InChI=1S/C19H20FIN2O2/c20-16-10-14(21)6-5-12(16)9-13-11-22-8-7-15(13)19(25)23-17-3-1-2-4-18(17)24/h5-8,10-11,17-18,24H,1-4,9H2,(H,23,25)/t17-,18-/m0/s1. The molecule has 1 aromatic carbocycles. The molecule has 132 valence electrons. The molecule has 1 aliphatic carbocycles. The third kappa shape index (κ3) is 4.55. The Morgan fingerprint density at radius 2 is 2.08 bits per heavy atom. The lowest BCUT2D eigenvalue weighted by Crippen LogP contribution is -2.45. The predicted molar refractivity (Wildman–Crippen MR) is 102 cm³/mol. The van der Waals surface area contributed by atoms with E-state index < -0.39 is 6.10 Å². The van der Waals surface area contributed by atoms with E-state index in [4.69, 9.17) is 0 Å². The van der Waals surface area contributed by atoms with Crippen LogP contribution >= 0.6 is 22.6 Å². The maximum Gasteiger partial charge on any atom is 0.251 e. The first-order chi connectivity index (χ1) is 12.0. The van der Waals surface area contributed by atoms with Gasteiger partial charge in [-0.3, -0.25) is 9.78 Å². The summed E-state index contributed by atoms with van der Waals surface area (Å²) >= 11 is 2.06. The molecule has 0 bridgehead atoms. The van der Waals surface area contributed by atoms with Gasteiger partial charge in [0.15, 0.2) is 0 Å². The van der Waals surface area contributed by atoms with Crippen molar-refractivity contribution in [2.24, 2.45) is 0 Å². The number of rotatable bonds is 4. The van der Waals surface area contributed by atoms with E-state index in [1.54, 1.807) is 24.5 Å². The second-order valence-corrected chi connectivity index (χ2v) is 7.62. The highest BCUT2D eigenvalue weighted by molar-refractivity contribution is 14.1. The van der Waals surface area contributed by atoms with Gasteiger partial charge in [-0.1, -0.05) is 18.9 Å². The smallest absolute Gasteiger partial charge is 0.251 e. The van der Waals surface area contributed by atoms with Gasteiger partial charge in [0, 0.05) is 27.9 Å². The molecule has 25 heavy (non-hydrogen) atoms. The normalized spacial score (nSPS) is 20.3.